The minimum atomic E-state index is -0.875. The molecule has 4 nitrogen and oxygen atoms in total. The quantitative estimate of drug-likeness (QED) is 0.0420. The Morgan fingerprint density at radius 1 is 0.368 bits per heavy atom. The van der Waals surface area contributed by atoms with Gasteiger partial charge in [-0.3, -0.25) is 4.79 Å². The number of carbonyl (C=O) groups excluding carboxylic acids is 1. The first-order chi connectivity index (χ1) is 33.7. The van der Waals surface area contributed by atoms with E-state index in [0.717, 1.165) is 70.6 Å². The van der Waals surface area contributed by atoms with Gasteiger partial charge in [0.2, 0.25) is 5.91 Å². The zero-order chi connectivity index (χ0) is 49.2. The summed E-state index contributed by atoms with van der Waals surface area (Å²) in [5.41, 5.74) is 0. The third-order valence-corrected chi connectivity index (χ3v) is 13.0. The molecule has 0 saturated carbocycles. The maximum atomic E-state index is 12.5. The first kappa shape index (κ1) is 65.3. The summed E-state index contributed by atoms with van der Waals surface area (Å²) in [6.07, 6.45) is 87.2. The Labute approximate surface area is 424 Å². The molecule has 0 aliphatic heterocycles. The van der Waals surface area contributed by atoms with Crippen LogP contribution in [0.2, 0.25) is 0 Å². The molecular formula is C64H113NO3. The number of aliphatic hydroxyl groups excluding tert-OH is 2. The molecule has 0 saturated heterocycles. The van der Waals surface area contributed by atoms with Gasteiger partial charge in [0, 0.05) is 6.42 Å². The molecule has 0 aromatic heterocycles. The summed E-state index contributed by atoms with van der Waals surface area (Å²) in [7, 11) is 0. The highest BCUT2D eigenvalue weighted by Gasteiger charge is 2.18. The molecule has 0 rings (SSSR count). The number of carbonyl (C=O) groups is 1. The van der Waals surface area contributed by atoms with E-state index in [9.17, 15) is 15.0 Å². The summed E-state index contributed by atoms with van der Waals surface area (Å²) in [4.78, 5) is 12.5. The van der Waals surface area contributed by atoms with Crippen LogP contribution in [0.25, 0.3) is 0 Å². The Bertz CT molecular complexity index is 1250. The molecule has 0 aliphatic carbocycles. The van der Waals surface area contributed by atoms with Gasteiger partial charge >= 0.3 is 0 Å². The summed E-state index contributed by atoms with van der Waals surface area (Å²) in [5, 5.41) is 23.2. The van der Waals surface area contributed by atoms with Gasteiger partial charge in [0.25, 0.3) is 0 Å². The van der Waals surface area contributed by atoms with Gasteiger partial charge in [0.05, 0.1) is 18.8 Å². The smallest absolute Gasteiger partial charge is 0.220 e. The number of allylic oxidation sites excluding steroid dienone is 15. The van der Waals surface area contributed by atoms with Crippen LogP contribution in [0.4, 0.5) is 0 Å². The van der Waals surface area contributed by atoms with E-state index < -0.39 is 12.1 Å². The fraction of sp³-hybridized carbons (Fsp3) is 0.734. The number of aliphatic hydroxyl groups is 2. The van der Waals surface area contributed by atoms with Crippen molar-refractivity contribution in [2.24, 2.45) is 0 Å². The van der Waals surface area contributed by atoms with Crippen LogP contribution in [0, 0.1) is 0 Å². The molecule has 2 atom stereocenters. The van der Waals surface area contributed by atoms with E-state index in [1.54, 1.807) is 6.08 Å². The van der Waals surface area contributed by atoms with Gasteiger partial charge in [-0.25, -0.2) is 0 Å². The van der Waals surface area contributed by atoms with Crippen molar-refractivity contribution >= 4 is 5.91 Å². The average Bonchev–Trinajstić information content (AvgIpc) is 3.34. The topological polar surface area (TPSA) is 69.6 Å². The van der Waals surface area contributed by atoms with Gasteiger partial charge in [-0.1, -0.05) is 284 Å². The lowest BCUT2D eigenvalue weighted by Crippen LogP contribution is -2.45. The fourth-order valence-corrected chi connectivity index (χ4v) is 8.59. The van der Waals surface area contributed by atoms with Gasteiger partial charge < -0.3 is 15.5 Å². The molecule has 4 heteroatoms. The maximum absolute atomic E-state index is 12.5. The molecule has 0 heterocycles. The van der Waals surface area contributed by atoms with Crippen LogP contribution >= 0.6 is 0 Å². The maximum Gasteiger partial charge on any atom is 0.220 e. The number of nitrogens with one attached hydrogen (secondary N) is 1. The Morgan fingerprint density at radius 2 is 0.662 bits per heavy atom. The molecule has 0 aromatic carbocycles. The van der Waals surface area contributed by atoms with E-state index in [0.29, 0.717) is 6.42 Å². The van der Waals surface area contributed by atoms with Gasteiger partial charge in [0.15, 0.2) is 0 Å². The summed E-state index contributed by atoms with van der Waals surface area (Å²) in [5.74, 6) is -0.0779. The van der Waals surface area contributed by atoms with E-state index >= 15 is 0 Å². The van der Waals surface area contributed by atoms with Crippen LogP contribution in [0.5, 0.6) is 0 Å². The number of hydrogen-bond donors (Lipinski definition) is 3. The number of unbranched alkanes of at least 4 members (excludes halogenated alkanes) is 32. The van der Waals surface area contributed by atoms with E-state index in [1.165, 1.54) is 193 Å². The second-order valence-corrected chi connectivity index (χ2v) is 19.7. The predicted molar refractivity (Wildman–Crippen MR) is 303 cm³/mol. The second-order valence-electron chi connectivity index (χ2n) is 19.7. The molecule has 0 fully saturated rings. The second kappa shape index (κ2) is 58.6. The lowest BCUT2D eigenvalue weighted by atomic mass is 10.0. The predicted octanol–water partition coefficient (Wildman–Crippen LogP) is 19.7. The van der Waals surface area contributed by atoms with E-state index in [2.05, 4.69) is 104 Å². The number of amides is 1. The largest absolute Gasteiger partial charge is 0.394 e. The molecule has 0 aliphatic rings. The zero-order valence-corrected chi connectivity index (χ0v) is 45.1. The van der Waals surface area contributed by atoms with E-state index in [4.69, 9.17) is 0 Å². The summed E-state index contributed by atoms with van der Waals surface area (Å²) >= 11 is 0. The van der Waals surface area contributed by atoms with Crippen molar-refractivity contribution in [1.82, 2.24) is 5.32 Å². The lowest BCUT2D eigenvalue weighted by molar-refractivity contribution is -0.123. The first-order valence-corrected chi connectivity index (χ1v) is 29.5. The van der Waals surface area contributed by atoms with E-state index in [-0.39, 0.29) is 12.5 Å². The summed E-state index contributed by atoms with van der Waals surface area (Å²) in [6.45, 7) is 4.19. The van der Waals surface area contributed by atoms with E-state index in [1.807, 2.05) is 6.08 Å². The SMILES string of the molecule is CC/C=C\C/C=C\C/C=C\C/C=C\C/C=C\CCCCCCCCCCCCCCCCCCCC(=O)NC(CO)C(O)/C=C/CC/C=C/CC/C=C/CCCCCCCCCCCCCCC. The van der Waals surface area contributed by atoms with Crippen LogP contribution in [0.3, 0.4) is 0 Å². The first-order valence-electron chi connectivity index (χ1n) is 29.5. The number of hydrogen-bond acceptors (Lipinski definition) is 3. The van der Waals surface area contributed by atoms with Crippen molar-refractivity contribution in [2.45, 2.75) is 296 Å². The Morgan fingerprint density at radius 3 is 1.03 bits per heavy atom. The molecule has 0 radical (unpaired) electrons. The summed E-state index contributed by atoms with van der Waals surface area (Å²) in [6, 6.07) is -0.651. The molecule has 1 amide bonds. The van der Waals surface area contributed by atoms with Crippen molar-refractivity contribution in [3.8, 4) is 0 Å². The summed E-state index contributed by atoms with van der Waals surface area (Å²) < 4.78 is 0. The van der Waals surface area contributed by atoms with Crippen molar-refractivity contribution < 1.29 is 15.0 Å². The molecule has 3 N–H and O–H groups in total. The third kappa shape index (κ3) is 54.3. The van der Waals surface area contributed by atoms with Crippen LogP contribution in [-0.4, -0.2) is 34.9 Å². The Balaban J connectivity index is 3.55. The van der Waals surface area contributed by atoms with Crippen LogP contribution in [0.1, 0.15) is 284 Å². The zero-order valence-electron chi connectivity index (χ0n) is 45.1. The molecule has 68 heavy (non-hydrogen) atoms. The monoisotopic (exact) mass is 944 g/mol. The Kier molecular flexibility index (Phi) is 56.3. The van der Waals surface area contributed by atoms with Gasteiger partial charge in [0.1, 0.15) is 0 Å². The van der Waals surface area contributed by atoms with Crippen LogP contribution < -0.4 is 5.32 Å². The highest BCUT2D eigenvalue weighted by molar-refractivity contribution is 5.76. The molecule has 392 valence electrons. The standard InChI is InChI=1S/C64H113NO3/c1-3-5-7-9-11-13-15-17-19-21-23-25-27-28-29-30-31-32-33-34-35-36-38-40-42-44-46-48-50-52-54-56-58-60-64(68)65-62(61-66)63(67)59-57-55-53-51-49-47-45-43-41-39-37-26-24-22-20-18-16-14-12-10-8-6-4-2/h5,7,11,13,17,19,23,25,28-29,41,43,49,51,57,59,62-63,66-67H,3-4,6,8-10,12,14-16,18,20-22,24,26-27,30-40,42,44-48,50,52-56,58,60-61H2,1-2H3,(H,65,68)/b7-5-,13-11-,19-17-,25-23-,29-28-,43-41+,51-49+,59-57+. The van der Waals surface area contributed by atoms with Crippen molar-refractivity contribution in [1.29, 1.82) is 0 Å². The average molecular weight is 945 g/mol. The highest BCUT2D eigenvalue weighted by atomic mass is 16.3. The minimum absolute atomic E-state index is 0.0779. The van der Waals surface area contributed by atoms with Crippen LogP contribution in [-0.2, 0) is 4.79 Å². The Hall–Kier alpha value is -2.69. The van der Waals surface area contributed by atoms with Crippen molar-refractivity contribution in [3.05, 3.63) is 97.2 Å². The minimum Gasteiger partial charge on any atom is -0.394 e. The molecule has 2 unspecified atom stereocenters. The van der Waals surface area contributed by atoms with Crippen molar-refractivity contribution in [2.75, 3.05) is 6.61 Å². The molecule has 0 spiro atoms. The number of rotatable bonds is 53. The van der Waals surface area contributed by atoms with Gasteiger partial charge in [-0.2, -0.15) is 0 Å². The normalized spacial score (nSPS) is 13.5. The van der Waals surface area contributed by atoms with Crippen LogP contribution in [0.15, 0.2) is 97.2 Å². The van der Waals surface area contributed by atoms with Crippen molar-refractivity contribution in [3.63, 3.8) is 0 Å². The molecule has 0 aromatic rings. The molecule has 0 bridgehead atoms. The highest BCUT2D eigenvalue weighted by Crippen LogP contribution is 2.16. The van der Waals surface area contributed by atoms with Gasteiger partial charge in [-0.15, -0.1) is 0 Å². The molecular weight excluding hydrogens is 831 g/mol. The van der Waals surface area contributed by atoms with Gasteiger partial charge in [-0.05, 0) is 89.9 Å². The lowest BCUT2D eigenvalue weighted by Gasteiger charge is -2.19. The fourth-order valence-electron chi connectivity index (χ4n) is 8.59. The third-order valence-electron chi connectivity index (χ3n) is 13.0.